The molecule has 4 aromatic rings. The minimum atomic E-state index is -0.497. The Morgan fingerprint density at radius 3 is 2.74 bits per heavy atom. The van der Waals surface area contributed by atoms with Crippen LogP contribution >= 0.6 is 0 Å². The summed E-state index contributed by atoms with van der Waals surface area (Å²) < 4.78 is 3.45. The molecule has 2 atom stereocenters. The Labute approximate surface area is 179 Å². The third-order valence-corrected chi connectivity index (χ3v) is 5.84. The Balaban J connectivity index is 1.39. The quantitative estimate of drug-likeness (QED) is 0.521. The standard InChI is InChI=1S/C23H24N6O2/c30-21-5-2-1-4-20(21)27-23(31)19-13-17(14-29-22(19)24-15-26-29)12-16-6-8-18(9-7-16)28-11-3-10-25-28/h3,6-11,13-15,20-21,30H,1-2,4-5,12H2,(H,27,31)/t20-,21-/m0/s1. The second-order valence-electron chi connectivity index (χ2n) is 8.02. The van der Waals surface area contributed by atoms with Crippen LogP contribution in [0.3, 0.4) is 0 Å². The second kappa shape index (κ2) is 8.31. The molecule has 2 N–H and O–H groups in total. The Hall–Kier alpha value is -3.52. The second-order valence-corrected chi connectivity index (χ2v) is 8.02. The van der Waals surface area contributed by atoms with Gasteiger partial charge >= 0.3 is 0 Å². The summed E-state index contributed by atoms with van der Waals surface area (Å²) in [7, 11) is 0. The van der Waals surface area contributed by atoms with E-state index in [0.29, 0.717) is 17.6 Å². The number of nitrogens with zero attached hydrogens (tertiary/aromatic N) is 5. The molecule has 1 saturated carbocycles. The molecule has 1 aliphatic carbocycles. The largest absolute Gasteiger partial charge is 0.391 e. The first-order chi connectivity index (χ1) is 15.2. The SMILES string of the molecule is O=C(N[C@H]1CCCC[C@@H]1O)c1cc(Cc2ccc(-n3cccn3)cc2)cn2ncnc12. The molecule has 8 nitrogen and oxygen atoms in total. The van der Waals surface area contributed by atoms with Crippen molar-refractivity contribution in [2.45, 2.75) is 44.2 Å². The van der Waals surface area contributed by atoms with Crippen LogP contribution in [0.5, 0.6) is 0 Å². The maximum atomic E-state index is 13.0. The van der Waals surface area contributed by atoms with E-state index < -0.39 is 6.10 Å². The zero-order valence-electron chi connectivity index (χ0n) is 17.1. The highest BCUT2D eigenvalue weighted by molar-refractivity contribution is 6.00. The van der Waals surface area contributed by atoms with Gasteiger partial charge in [0.05, 0.1) is 23.4 Å². The lowest BCUT2D eigenvalue weighted by Gasteiger charge is -2.28. The van der Waals surface area contributed by atoms with Crippen molar-refractivity contribution in [3.05, 3.63) is 78.0 Å². The third kappa shape index (κ3) is 4.06. The normalized spacial score (nSPS) is 18.9. The monoisotopic (exact) mass is 416 g/mol. The first-order valence-corrected chi connectivity index (χ1v) is 10.6. The molecule has 0 aliphatic heterocycles. The molecule has 5 rings (SSSR count). The highest BCUT2D eigenvalue weighted by atomic mass is 16.3. The van der Waals surface area contributed by atoms with E-state index in [-0.39, 0.29) is 11.9 Å². The van der Waals surface area contributed by atoms with Gasteiger partial charge in [-0.1, -0.05) is 25.0 Å². The first kappa shape index (κ1) is 19.4. The van der Waals surface area contributed by atoms with E-state index in [9.17, 15) is 9.90 Å². The van der Waals surface area contributed by atoms with Crippen LogP contribution in [0.2, 0.25) is 0 Å². The van der Waals surface area contributed by atoms with Crippen LogP contribution in [0.4, 0.5) is 0 Å². The van der Waals surface area contributed by atoms with Crippen LogP contribution in [0.1, 0.15) is 47.2 Å². The molecule has 1 fully saturated rings. The molecular weight excluding hydrogens is 392 g/mol. The number of hydrogen-bond acceptors (Lipinski definition) is 5. The summed E-state index contributed by atoms with van der Waals surface area (Å²) in [5.74, 6) is -0.222. The number of hydrogen-bond donors (Lipinski definition) is 2. The average molecular weight is 416 g/mol. The molecule has 0 bridgehead atoms. The van der Waals surface area contributed by atoms with Crippen molar-refractivity contribution < 1.29 is 9.90 Å². The van der Waals surface area contributed by atoms with Crippen LogP contribution in [0, 0.1) is 0 Å². The Morgan fingerprint density at radius 2 is 1.97 bits per heavy atom. The van der Waals surface area contributed by atoms with Gasteiger partial charge in [0.15, 0.2) is 5.65 Å². The molecule has 0 spiro atoms. The fourth-order valence-electron chi connectivity index (χ4n) is 4.20. The molecule has 158 valence electrons. The number of fused-ring (bicyclic) bond motifs is 1. The molecular formula is C23H24N6O2. The maximum Gasteiger partial charge on any atom is 0.255 e. The number of carbonyl (C=O) groups is 1. The molecule has 1 amide bonds. The summed E-state index contributed by atoms with van der Waals surface area (Å²) in [5.41, 5.74) is 4.05. The molecule has 3 heterocycles. The van der Waals surface area contributed by atoms with Crippen molar-refractivity contribution in [2.75, 3.05) is 0 Å². The molecule has 1 aliphatic rings. The third-order valence-electron chi connectivity index (χ3n) is 5.84. The first-order valence-electron chi connectivity index (χ1n) is 10.6. The zero-order valence-corrected chi connectivity index (χ0v) is 17.1. The van der Waals surface area contributed by atoms with Crippen LogP contribution in [0.15, 0.2) is 61.3 Å². The molecule has 0 unspecified atom stereocenters. The van der Waals surface area contributed by atoms with E-state index in [1.807, 2.05) is 41.3 Å². The summed E-state index contributed by atoms with van der Waals surface area (Å²) in [4.78, 5) is 17.3. The van der Waals surface area contributed by atoms with E-state index in [0.717, 1.165) is 42.5 Å². The Bertz CT molecular complexity index is 1180. The smallest absolute Gasteiger partial charge is 0.255 e. The van der Waals surface area contributed by atoms with Gasteiger partial charge < -0.3 is 10.4 Å². The van der Waals surface area contributed by atoms with Gasteiger partial charge in [-0.3, -0.25) is 4.79 Å². The van der Waals surface area contributed by atoms with E-state index >= 15 is 0 Å². The summed E-state index contributed by atoms with van der Waals surface area (Å²) >= 11 is 0. The topological polar surface area (TPSA) is 97.3 Å². The van der Waals surface area contributed by atoms with Crippen LogP contribution in [-0.2, 0) is 6.42 Å². The van der Waals surface area contributed by atoms with Crippen molar-refractivity contribution in [1.29, 1.82) is 0 Å². The fraction of sp³-hybridized carbons (Fsp3) is 0.304. The minimum Gasteiger partial charge on any atom is -0.391 e. The number of amides is 1. The molecule has 0 radical (unpaired) electrons. The summed E-state index contributed by atoms with van der Waals surface area (Å²) in [6.07, 6.45) is 10.7. The number of nitrogens with one attached hydrogen (secondary N) is 1. The Morgan fingerprint density at radius 1 is 1.13 bits per heavy atom. The van der Waals surface area contributed by atoms with E-state index in [1.165, 1.54) is 6.33 Å². The maximum absolute atomic E-state index is 13.0. The van der Waals surface area contributed by atoms with Gasteiger partial charge in [0.2, 0.25) is 0 Å². The number of pyridine rings is 1. The number of aliphatic hydroxyl groups is 1. The van der Waals surface area contributed by atoms with Crippen LogP contribution < -0.4 is 5.32 Å². The lowest BCUT2D eigenvalue weighted by molar-refractivity contribution is 0.0718. The minimum absolute atomic E-state index is 0.220. The number of benzene rings is 1. The molecule has 8 heteroatoms. The molecule has 0 saturated heterocycles. The highest BCUT2D eigenvalue weighted by Gasteiger charge is 2.26. The summed E-state index contributed by atoms with van der Waals surface area (Å²) in [5, 5.41) is 21.7. The van der Waals surface area contributed by atoms with Gasteiger partial charge in [0.25, 0.3) is 5.91 Å². The number of aromatic nitrogens is 5. The average Bonchev–Trinajstić information content (AvgIpc) is 3.47. The molecule has 3 aromatic heterocycles. The lowest BCUT2D eigenvalue weighted by Crippen LogP contribution is -2.45. The fourth-order valence-corrected chi connectivity index (χ4v) is 4.20. The highest BCUT2D eigenvalue weighted by Crippen LogP contribution is 2.20. The van der Waals surface area contributed by atoms with Gasteiger partial charge in [0, 0.05) is 18.6 Å². The van der Waals surface area contributed by atoms with Crippen molar-refractivity contribution in [1.82, 2.24) is 29.7 Å². The van der Waals surface area contributed by atoms with Gasteiger partial charge in [-0.25, -0.2) is 14.2 Å². The van der Waals surface area contributed by atoms with E-state index in [2.05, 4.69) is 32.6 Å². The summed E-state index contributed by atoms with van der Waals surface area (Å²) in [6.45, 7) is 0. The van der Waals surface area contributed by atoms with Gasteiger partial charge in [-0.05, 0) is 54.7 Å². The number of rotatable bonds is 5. The van der Waals surface area contributed by atoms with Crippen molar-refractivity contribution >= 4 is 11.6 Å². The van der Waals surface area contributed by atoms with Crippen molar-refractivity contribution in [2.24, 2.45) is 0 Å². The zero-order chi connectivity index (χ0) is 21.2. The van der Waals surface area contributed by atoms with Crippen LogP contribution in [0.25, 0.3) is 11.3 Å². The van der Waals surface area contributed by atoms with Gasteiger partial charge in [-0.15, -0.1) is 0 Å². The van der Waals surface area contributed by atoms with E-state index in [4.69, 9.17) is 0 Å². The van der Waals surface area contributed by atoms with Gasteiger partial charge in [-0.2, -0.15) is 10.2 Å². The van der Waals surface area contributed by atoms with E-state index in [1.54, 1.807) is 10.7 Å². The molecule has 31 heavy (non-hydrogen) atoms. The number of aliphatic hydroxyl groups excluding tert-OH is 1. The lowest BCUT2D eigenvalue weighted by atomic mass is 9.92. The van der Waals surface area contributed by atoms with Crippen molar-refractivity contribution in [3.8, 4) is 5.69 Å². The molecule has 1 aromatic carbocycles. The van der Waals surface area contributed by atoms with Crippen LogP contribution in [-0.4, -0.2) is 47.5 Å². The van der Waals surface area contributed by atoms with Gasteiger partial charge in [0.1, 0.15) is 6.33 Å². The summed E-state index contributed by atoms with van der Waals surface area (Å²) in [6, 6.07) is 11.7. The number of carbonyl (C=O) groups excluding carboxylic acids is 1. The van der Waals surface area contributed by atoms with Crippen molar-refractivity contribution in [3.63, 3.8) is 0 Å². The Kier molecular flexibility index (Phi) is 5.21. The predicted octanol–water partition coefficient (Wildman–Crippen LogP) is 2.54. The predicted molar refractivity (Wildman–Crippen MR) is 115 cm³/mol.